The first kappa shape index (κ1) is 15.4. The molecule has 0 bridgehead atoms. The number of nitrogens with zero attached hydrogens (tertiary/aromatic N) is 2. The second-order valence-electron chi connectivity index (χ2n) is 4.73. The molecule has 5 nitrogen and oxygen atoms in total. The summed E-state index contributed by atoms with van der Waals surface area (Å²) in [5.41, 5.74) is 1.00. The molecule has 2 aromatic heterocycles. The molecule has 23 heavy (non-hydrogen) atoms. The molecule has 3 rings (SSSR count). The zero-order chi connectivity index (χ0) is 16.2. The Hall–Kier alpha value is -2.51. The van der Waals surface area contributed by atoms with Crippen molar-refractivity contribution in [1.82, 2.24) is 4.57 Å². The van der Waals surface area contributed by atoms with Gasteiger partial charge in [-0.2, -0.15) is 4.99 Å². The first-order valence-electron chi connectivity index (χ1n) is 6.77. The lowest BCUT2D eigenvalue weighted by molar-refractivity contribution is 0.0994. The number of aromatic nitrogens is 1. The van der Waals surface area contributed by atoms with E-state index in [4.69, 9.17) is 0 Å². The Balaban J connectivity index is 1.81. The van der Waals surface area contributed by atoms with Crippen LogP contribution in [0.15, 0.2) is 58.3 Å². The molecule has 1 N–H and O–H groups in total. The monoisotopic (exact) mass is 343 g/mol. The molecule has 0 atom stereocenters. The Morgan fingerprint density at radius 3 is 2.70 bits per heavy atom. The highest BCUT2D eigenvalue weighted by atomic mass is 32.1. The van der Waals surface area contributed by atoms with Gasteiger partial charge >= 0.3 is 0 Å². The van der Waals surface area contributed by atoms with Crippen LogP contribution < -0.4 is 10.1 Å². The molecule has 0 fully saturated rings. The molecule has 2 heterocycles. The minimum atomic E-state index is -0.338. The predicted molar refractivity (Wildman–Crippen MR) is 91.9 cm³/mol. The lowest BCUT2D eigenvalue weighted by Crippen LogP contribution is -2.13. The number of anilines is 1. The van der Waals surface area contributed by atoms with Gasteiger partial charge in [0.1, 0.15) is 0 Å². The third-order valence-corrected chi connectivity index (χ3v) is 4.79. The van der Waals surface area contributed by atoms with Gasteiger partial charge in [-0.05, 0) is 29.6 Å². The number of hydrogen-bond acceptors (Lipinski definition) is 4. The van der Waals surface area contributed by atoms with Crippen molar-refractivity contribution in [3.05, 3.63) is 68.6 Å². The summed E-state index contributed by atoms with van der Waals surface area (Å²) in [6.07, 6.45) is 1.84. The minimum Gasteiger partial charge on any atom is -0.327 e. The first-order valence-corrected chi connectivity index (χ1v) is 8.53. The van der Waals surface area contributed by atoms with Crippen LogP contribution in [0.25, 0.3) is 0 Å². The number of benzene rings is 1. The van der Waals surface area contributed by atoms with E-state index in [1.807, 2.05) is 30.1 Å². The maximum absolute atomic E-state index is 12.2. The van der Waals surface area contributed by atoms with Gasteiger partial charge in [-0.25, -0.2) is 0 Å². The van der Waals surface area contributed by atoms with E-state index in [1.165, 1.54) is 22.7 Å². The van der Waals surface area contributed by atoms with Crippen LogP contribution in [0.2, 0.25) is 0 Å². The van der Waals surface area contributed by atoms with Crippen molar-refractivity contribution in [3.8, 4) is 0 Å². The Morgan fingerprint density at radius 2 is 2.00 bits per heavy atom. The molecule has 0 saturated heterocycles. The third kappa shape index (κ3) is 3.64. The Morgan fingerprint density at radius 1 is 1.13 bits per heavy atom. The molecule has 0 saturated carbocycles. The molecule has 0 aliphatic rings. The molecule has 0 aliphatic carbocycles. The molecule has 0 radical (unpaired) electrons. The summed E-state index contributed by atoms with van der Waals surface area (Å²) in [6, 6.07) is 10.3. The summed E-state index contributed by atoms with van der Waals surface area (Å²) in [5.74, 6) is -0.526. The number of carbonyl (C=O) groups excluding carboxylic acids is 2. The highest BCUT2D eigenvalue weighted by molar-refractivity contribution is 7.12. The quantitative estimate of drug-likeness (QED) is 0.794. The lowest BCUT2D eigenvalue weighted by Gasteiger charge is -2.04. The molecule has 2 amide bonds. The smallest absolute Gasteiger partial charge is 0.279 e. The van der Waals surface area contributed by atoms with E-state index in [0.29, 0.717) is 20.9 Å². The van der Waals surface area contributed by atoms with Gasteiger partial charge in [0.15, 0.2) is 4.80 Å². The van der Waals surface area contributed by atoms with Crippen molar-refractivity contribution in [2.24, 2.45) is 12.0 Å². The highest BCUT2D eigenvalue weighted by Crippen LogP contribution is 2.15. The summed E-state index contributed by atoms with van der Waals surface area (Å²) in [6.45, 7) is 0. The van der Waals surface area contributed by atoms with Crippen LogP contribution >= 0.6 is 22.7 Å². The first-order chi connectivity index (χ1) is 11.1. The zero-order valence-corrected chi connectivity index (χ0v) is 13.9. The van der Waals surface area contributed by atoms with E-state index in [1.54, 1.807) is 34.9 Å². The number of thiophene rings is 1. The molecule has 1 aromatic carbocycles. The Bertz CT molecular complexity index is 907. The second kappa shape index (κ2) is 6.72. The zero-order valence-electron chi connectivity index (χ0n) is 12.2. The molecule has 0 unspecified atom stereocenters. The Labute approximate surface area is 140 Å². The van der Waals surface area contributed by atoms with Gasteiger partial charge in [-0.1, -0.05) is 12.1 Å². The maximum atomic E-state index is 12.2. The van der Waals surface area contributed by atoms with Crippen LogP contribution in [-0.2, 0) is 7.05 Å². The normalized spacial score (nSPS) is 11.4. The van der Waals surface area contributed by atoms with E-state index in [0.717, 1.165) is 0 Å². The van der Waals surface area contributed by atoms with Crippen molar-refractivity contribution in [2.75, 3.05) is 5.32 Å². The minimum absolute atomic E-state index is 0.189. The highest BCUT2D eigenvalue weighted by Gasteiger charge is 2.09. The van der Waals surface area contributed by atoms with Crippen LogP contribution in [0.5, 0.6) is 0 Å². The van der Waals surface area contributed by atoms with Crippen molar-refractivity contribution in [3.63, 3.8) is 0 Å². The van der Waals surface area contributed by atoms with E-state index >= 15 is 0 Å². The van der Waals surface area contributed by atoms with Crippen LogP contribution in [0.4, 0.5) is 5.69 Å². The number of rotatable bonds is 3. The van der Waals surface area contributed by atoms with Crippen molar-refractivity contribution in [2.45, 2.75) is 0 Å². The fourth-order valence-electron chi connectivity index (χ4n) is 1.92. The fraction of sp³-hybridized carbons (Fsp3) is 0.0625. The summed E-state index contributed by atoms with van der Waals surface area (Å²) in [5, 5.41) is 6.49. The number of carbonyl (C=O) groups is 2. The topological polar surface area (TPSA) is 63.5 Å². The van der Waals surface area contributed by atoms with Gasteiger partial charge in [-0.3, -0.25) is 9.59 Å². The maximum Gasteiger partial charge on any atom is 0.279 e. The predicted octanol–water partition coefficient (Wildman–Crippen LogP) is 3.14. The summed E-state index contributed by atoms with van der Waals surface area (Å²) >= 11 is 2.76. The van der Waals surface area contributed by atoms with Gasteiger partial charge in [0.05, 0.1) is 4.88 Å². The SMILES string of the molecule is Cn1ccsc1=NC(=O)c1cccc(NC(=O)c2cccs2)c1. The average molecular weight is 343 g/mol. The summed E-state index contributed by atoms with van der Waals surface area (Å²) in [4.78, 5) is 29.6. The van der Waals surface area contributed by atoms with Crippen LogP contribution in [0.3, 0.4) is 0 Å². The number of hydrogen-bond donors (Lipinski definition) is 1. The Kier molecular flexibility index (Phi) is 4.50. The second-order valence-corrected chi connectivity index (χ2v) is 6.55. The standard InChI is InChI=1S/C16H13N3O2S2/c1-19-7-9-23-16(19)18-14(20)11-4-2-5-12(10-11)17-15(21)13-6-3-8-22-13/h2-10H,1H3,(H,17,21). The molecular weight excluding hydrogens is 330 g/mol. The van der Waals surface area contributed by atoms with Crippen LogP contribution in [-0.4, -0.2) is 16.4 Å². The summed E-state index contributed by atoms with van der Waals surface area (Å²) < 4.78 is 1.78. The molecule has 116 valence electrons. The van der Waals surface area contributed by atoms with Gasteiger partial charge in [-0.15, -0.1) is 22.7 Å². The van der Waals surface area contributed by atoms with Crippen LogP contribution in [0, 0.1) is 0 Å². The van der Waals surface area contributed by atoms with Crippen molar-refractivity contribution < 1.29 is 9.59 Å². The molecule has 7 heteroatoms. The number of nitrogens with one attached hydrogen (secondary N) is 1. The van der Waals surface area contributed by atoms with Gasteiger partial charge in [0.2, 0.25) is 0 Å². The van der Waals surface area contributed by atoms with E-state index in [9.17, 15) is 9.59 Å². The van der Waals surface area contributed by atoms with Crippen molar-refractivity contribution in [1.29, 1.82) is 0 Å². The molecule has 0 spiro atoms. The van der Waals surface area contributed by atoms with E-state index in [-0.39, 0.29) is 11.8 Å². The van der Waals surface area contributed by atoms with Crippen LogP contribution in [0.1, 0.15) is 20.0 Å². The van der Waals surface area contributed by atoms with E-state index < -0.39 is 0 Å². The van der Waals surface area contributed by atoms with Gasteiger partial charge in [0, 0.05) is 29.9 Å². The third-order valence-electron chi connectivity index (χ3n) is 3.07. The van der Waals surface area contributed by atoms with Gasteiger partial charge in [0.25, 0.3) is 11.8 Å². The largest absolute Gasteiger partial charge is 0.327 e. The number of thiazole rings is 1. The lowest BCUT2D eigenvalue weighted by atomic mass is 10.2. The molecule has 3 aromatic rings. The molecule has 0 aliphatic heterocycles. The number of aryl methyl sites for hydroxylation is 1. The van der Waals surface area contributed by atoms with E-state index in [2.05, 4.69) is 10.3 Å². The number of amides is 2. The van der Waals surface area contributed by atoms with Crippen molar-refractivity contribution >= 4 is 40.2 Å². The molecular formula is C16H13N3O2S2. The average Bonchev–Trinajstić information content (AvgIpc) is 3.20. The summed E-state index contributed by atoms with van der Waals surface area (Å²) in [7, 11) is 1.83. The van der Waals surface area contributed by atoms with Gasteiger partial charge < -0.3 is 9.88 Å². The fourth-order valence-corrected chi connectivity index (χ4v) is 3.26.